The van der Waals surface area contributed by atoms with Gasteiger partial charge >= 0.3 is 0 Å². The number of hydrogen-bond acceptors (Lipinski definition) is 6. The molecule has 1 aromatic heterocycles. The number of hydrogen-bond donors (Lipinski definition) is 1. The summed E-state index contributed by atoms with van der Waals surface area (Å²) in [6, 6.07) is 14.1. The van der Waals surface area contributed by atoms with E-state index in [1.54, 1.807) is 42.7 Å². The molecule has 8 nitrogen and oxygen atoms in total. The van der Waals surface area contributed by atoms with E-state index in [9.17, 15) is 14.4 Å². The zero-order valence-electron chi connectivity index (χ0n) is 19.0. The highest BCUT2D eigenvalue weighted by molar-refractivity contribution is 6.04. The first kappa shape index (κ1) is 23.0. The molecule has 8 heteroatoms. The number of ketones is 1. The lowest BCUT2D eigenvalue weighted by atomic mass is 10.1. The smallest absolute Gasteiger partial charge is 0.265 e. The molecule has 2 heterocycles. The highest BCUT2D eigenvalue weighted by atomic mass is 16.5. The second kappa shape index (κ2) is 10.2. The highest BCUT2D eigenvalue weighted by Crippen LogP contribution is 2.33. The maximum Gasteiger partial charge on any atom is 0.265 e. The van der Waals surface area contributed by atoms with E-state index in [-0.39, 0.29) is 37.4 Å². The van der Waals surface area contributed by atoms with Crippen LogP contribution >= 0.6 is 0 Å². The van der Waals surface area contributed by atoms with Crippen molar-refractivity contribution in [2.45, 2.75) is 20.4 Å². The van der Waals surface area contributed by atoms with Gasteiger partial charge in [-0.2, -0.15) is 0 Å². The van der Waals surface area contributed by atoms with Crippen LogP contribution in [-0.4, -0.2) is 42.3 Å². The molecule has 3 aromatic rings. The Balaban J connectivity index is 1.44. The number of fused-ring (bicyclic) bond motifs is 1. The quantitative estimate of drug-likeness (QED) is 0.520. The van der Waals surface area contributed by atoms with E-state index in [1.165, 1.54) is 4.90 Å². The molecule has 0 atom stereocenters. The molecule has 0 fully saturated rings. The Morgan fingerprint density at radius 2 is 1.85 bits per heavy atom. The van der Waals surface area contributed by atoms with Crippen LogP contribution < -0.4 is 19.7 Å². The Morgan fingerprint density at radius 3 is 2.62 bits per heavy atom. The molecule has 0 saturated carbocycles. The van der Waals surface area contributed by atoms with Gasteiger partial charge in [0.1, 0.15) is 18.0 Å². The van der Waals surface area contributed by atoms with Gasteiger partial charge in [-0.3, -0.25) is 24.3 Å². The van der Waals surface area contributed by atoms with Gasteiger partial charge in [0.25, 0.3) is 5.91 Å². The van der Waals surface area contributed by atoms with Gasteiger partial charge in [0, 0.05) is 24.5 Å². The third-order valence-corrected chi connectivity index (χ3v) is 5.61. The zero-order valence-corrected chi connectivity index (χ0v) is 19.0. The molecule has 174 valence electrons. The average Bonchev–Trinajstić information content (AvgIpc) is 2.85. The number of nitrogens with one attached hydrogen (secondary N) is 1. The maximum absolute atomic E-state index is 12.8. The van der Waals surface area contributed by atoms with E-state index in [1.807, 2.05) is 32.0 Å². The van der Waals surface area contributed by atoms with Crippen molar-refractivity contribution < 1.29 is 23.9 Å². The van der Waals surface area contributed by atoms with Crippen molar-refractivity contribution in [1.29, 1.82) is 0 Å². The van der Waals surface area contributed by atoms with Gasteiger partial charge < -0.3 is 14.8 Å². The number of anilines is 1. The Kier molecular flexibility index (Phi) is 6.87. The average molecular weight is 460 g/mol. The van der Waals surface area contributed by atoms with Crippen LogP contribution in [0.4, 0.5) is 5.69 Å². The molecule has 2 aromatic carbocycles. The molecular formula is C26H25N3O5. The summed E-state index contributed by atoms with van der Waals surface area (Å²) in [5.74, 6) is 0.116. The third-order valence-electron chi connectivity index (χ3n) is 5.61. The monoisotopic (exact) mass is 459 g/mol. The SMILES string of the molecule is Cc1ccc(OCC(=O)c2ccc3c(c2)N(CC(=O)NCc2ccncc2)C(=O)CO3)cc1C. The minimum absolute atomic E-state index is 0.150. The molecule has 1 aliphatic rings. The number of ether oxygens (including phenoxy) is 2. The second-order valence-corrected chi connectivity index (χ2v) is 8.04. The molecule has 0 saturated heterocycles. The van der Waals surface area contributed by atoms with E-state index in [0.717, 1.165) is 16.7 Å². The molecule has 1 N–H and O–H groups in total. The molecule has 34 heavy (non-hydrogen) atoms. The van der Waals surface area contributed by atoms with Gasteiger partial charge in [-0.1, -0.05) is 6.07 Å². The number of carbonyl (C=O) groups excluding carboxylic acids is 3. The standard InChI is InChI=1S/C26H25N3O5/c1-17-3-5-21(11-18(17)2)33-15-23(30)20-4-6-24-22(12-20)29(26(32)16-34-24)14-25(31)28-13-19-7-9-27-10-8-19/h3-12H,13-16H2,1-2H3,(H,28,31). The van der Waals surface area contributed by atoms with E-state index >= 15 is 0 Å². The Bertz CT molecular complexity index is 1230. The van der Waals surface area contributed by atoms with E-state index in [4.69, 9.17) is 9.47 Å². The van der Waals surface area contributed by atoms with Crippen LogP contribution in [0.25, 0.3) is 0 Å². The molecular weight excluding hydrogens is 434 g/mol. The molecule has 0 radical (unpaired) electrons. The third kappa shape index (κ3) is 5.40. The summed E-state index contributed by atoms with van der Waals surface area (Å²) < 4.78 is 11.2. The van der Waals surface area contributed by atoms with E-state index in [0.29, 0.717) is 29.3 Å². The van der Waals surface area contributed by atoms with Gasteiger partial charge in [0.15, 0.2) is 19.0 Å². The van der Waals surface area contributed by atoms with Gasteiger partial charge in [-0.25, -0.2) is 0 Å². The summed E-state index contributed by atoms with van der Waals surface area (Å²) in [4.78, 5) is 43.1. The number of amides is 2. The minimum atomic E-state index is -0.359. The van der Waals surface area contributed by atoms with E-state index in [2.05, 4.69) is 10.3 Å². The molecule has 1 aliphatic heterocycles. The first-order chi connectivity index (χ1) is 16.4. The number of aromatic nitrogens is 1. The van der Waals surface area contributed by atoms with Crippen LogP contribution in [0.5, 0.6) is 11.5 Å². The van der Waals surface area contributed by atoms with Crippen LogP contribution in [0.15, 0.2) is 60.9 Å². The van der Waals surface area contributed by atoms with Crippen molar-refractivity contribution in [3.63, 3.8) is 0 Å². The van der Waals surface area contributed by atoms with Crippen molar-refractivity contribution in [2.24, 2.45) is 0 Å². The zero-order chi connectivity index (χ0) is 24.1. The Morgan fingerprint density at radius 1 is 1.06 bits per heavy atom. The van der Waals surface area contributed by atoms with Crippen molar-refractivity contribution >= 4 is 23.3 Å². The minimum Gasteiger partial charge on any atom is -0.485 e. The number of Topliss-reactive ketones (excluding diaryl/α,β-unsaturated/α-hetero) is 1. The number of nitrogens with zero attached hydrogens (tertiary/aromatic N) is 2. The van der Waals surface area contributed by atoms with Gasteiger partial charge in [0.05, 0.1) is 5.69 Å². The van der Waals surface area contributed by atoms with Crippen molar-refractivity contribution in [2.75, 3.05) is 24.7 Å². The maximum atomic E-state index is 12.8. The van der Waals surface area contributed by atoms with Crippen LogP contribution in [0.3, 0.4) is 0 Å². The first-order valence-corrected chi connectivity index (χ1v) is 10.9. The van der Waals surface area contributed by atoms with Gasteiger partial charge in [0.2, 0.25) is 5.91 Å². The van der Waals surface area contributed by atoms with Crippen LogP contribution in [-0.2, 0) is 16.1 Å². The molecule has 0 bridgehead atoms. The number of pyridine rings is 1. The molecule has 0 spiro atoms. The molecule has 0 aliphatic carbocycles. The number of benzene rings is 2. The topological polar surface area (TPSA) is 97.8 Å². The fourth-order valence-corrected chi connectivity index (χ4v) is 3.49. The first-order valence-electron chi connectivity index (χ1n) is 10.9. The number of aryl methyl sites for hydroxylation is 2. The van der Waals surface area contributed by atoms with Crippen molar-refractivity contribution in [3.8, 4) is 11.5 Å². The van der Waals surface area contributed by atoms with Crippen LogP contribution in [0.1, 0.15) is 27.0 Å². The predicted molar refractivity (Wildman–Crippen MR) is 126 cm³/mol. The number of rotatable bonds is 8. The van der Waals surface area contributed by atoms with Gasteiger partial charge in [-0.05, 0) is 73.0 Å². The summed E-state index contributed by atoms with van der Waals surface area (Å²) in [5.41, 5.74) is 3.86. The van der Waals surface area contributed by atoms with E-state index < -0.39 is 0 Å². The lowest BCUT2D eigenvalue weighted by Gasteiger charge is -2.29. The summed E-state index contributed by atoms with van der Waals surface area (Å²) in [7, 11) is 0. The summed E-state index contributed by atoms with van der Waals surface area (Å²) in [6.07, 6.45) is 3.29. The highest BCUT2D eigenvalue weighted by Gasteiger charge is 2.28. The molecule has 4 rings (SSSR count). The predicted octanol–water partition coefficient (Wildman–Crippen LogP) is 3.00. The largest absolute Gasteiger partial charge is 0.485 e. The second-order valence-electron chi connectivity index (χ2n) is 8.04. The lowest BCUT2D eigenvalue weighted by Crippen LogP contribution is -2.45. The Labute approximate surface area is 197 Å². The fraction of sp³-hybridized carbons (Fsp3) is 0.231. The fourth-order valence-electron chi connectivity index (χ4n) is 3.49. The van der Waals surface area contributed by atoms with Crippen LogP contribution in [0.2, 0.25) is 0 Å². The normalized spacial score (nSPS) is 12.5. The van der Waals surface area contributed by atoms with Crippen LogP contribution in [0, 0.1) is 13.8 Å². The molecule has 0 unspecified atom stereocenters. The van der Waals surface area contributed by atoms with Crippen molar-refractivity contribution in [1.82, 2.24) is 10.3 Å². The summed E-state index contributed by atoms with van der Waals surface area (Å²) >= 11 is 0. The lowest BCUT2D eigenvalue weighted by molar-refractivity contribution is -0.125. The summed E-state index contributed by atoms with van der Waals surface area (Å²) in [5, 5.41) is 2.79. The van der Waals surface area contributed by atoms with Crippen molar-refractivity contribution in [3.05, 3.63) is 83.2 Å². The Hall–Kier alpha value is -4.20. The summed E-state index contributed by atoms with van der Waals surface area (Å²) in [6.45, 7) is 3.80. The number of carbonyl (C=O) groups is 3. The molecule has 2 amide bonds. The van der Waals surface area contributed by atoms with Gasteiger partial charge in [-0.15, -0.1) is 0 Å².